The Bertz CT molecular complexity index is 1740. The van der Waals surface area contributed by atoms with Gasteiger partial charge in [0.05, 0.1) is 31.0 Å². The normalized spacial score (nSPS) is 16.9. The van der Waals surface area contributed by atoms with Gasteiger partial charge in [-0.1, -0.05) is 72.8 Å². The van der Waals surface area contributed by atoms with E-state index in [1.165, 1.54) is 7.11 Å². The molecule has 0 aliphatic carbocycles. The number of carbonyl (C=O) groups is 3. The number of rotatable bonds is 15. The van der Waals surface area contributed by atoms with Crippen molar-refractivity contribution in [3.05, 3.63) is 120 Å². The van der Waals surface area contributed by atoms with Crippen LogP contribution in [0.1, 0.15) is 65.7 Å². The van der Waals surface area contributed by atoms with E-state index in [1.807, 2.05) is 54.7 Å². The molecule has 1 unspecified atom stereocenters. The summed E-state index contributed by atoms with van der Waals surface area (Å²) in [6.45, 7) is 2.51. The van der Waals surface area contributed by atoms with Gasteiger partial charge in [-0.25, -0.2) is 0 Å². The topological polar surface area (TPSA) is 147 Å². The second-order valence-electron chi connectivity index (χ2n) is 11.9. The molecule has 48 heavy (non-hydrogen) atoms. The third kappa shape index (κ3) is 7.53. The largest absolute Gasteiger partial charge is 0.469 e. The van der Waals surface area contributed by atoms with Gasteiger partial charge < -0.3 is 25.2 Å². The molecule has 250 valence electrons. The maximum atomic E-state index is 14.0. The van der Waals surface area contributed by atoms with Crippen LogP contribution >= 0.6 is 0 Å². The van der Waals surface area contributed by atoms with E-state index in [0.717, 1.165) is 5.56 Å². The molecule has 1 aliphatic heterocycles. The Morgan fingerprint density at radius 3 is 2.46 bits per heavy atom. The zero-order valence-electron chi connectivity index (χ0n) is 27.2. The van der Waals surface area contributed by atoms with Crippen molar-refractivity contribution >= 4 is 29.2 Å². The van der Waals surface area contributed by atoms with Gasteiger partial charge in [-0.3, -0.25) is 19.1 Å². The molecule has 0 saturated heterocycles. The lowest BCUT2D eigenvalue weighted by molar-refractivity contribution is -0.140. The number of fused-ring (bicyclic) bond motifs is 1. The number of amides is 2. The van der Waals surface area contributed by atoms with Crippen molar-refractivity contribution in [3.8, 4) is 0 Å². The Kier molecular flexibility index (Phi) is 11.1. The lowest BCUT2D eigenvalue weighted by Gasteiger charge is -2.28. The molecule has 0 saturated carbocycles. The van der Waals surface area contributed by atoms with E-state index in [2.05, 4.69) is 15.6 Å². The van der Waals surface area contributed by atoms with E-state index in [1.54, 1.807) is 59.0 Å². The summed E-state index contributed by atoms with van der Waals surface area (Å²) in [6.07, 6.45) is 7.39. The first-order valence-electron chi connectivity index (χ1n) is 16.1. The van der Waals surface area contributed by atoms with Gasteiger partial charge in [0.1, 0.15) is 0 Å². The van der Waals surface area contributed by atoms with Crippen molar-refractivity contribution in [2.45, 2.75) is 50.7 Å². The Balaban J connectivity index is 1.31. The number of methoxy groups -OCH3 is 1. The van der Waals surface area contributed by atoms with Gasteiger partial charge in [-0.15, -0.1) is 5.10 Å². The number of hydrogen-bond donors (Lipinski definition) is 3. The molecule has 3 aromatic carbocycles. The number of allylic oxidation sites excluding steroid dienone is 1. The number of esters is 1. The Morgan fingerprint density at radius 2 is 1.75 bits per heavy atom. The molecule has 0 bridgehead atoms. The van der Waals surface area contributed by atoms with Crippen molar-refractivity contribution in [2.24, 2.45) is 5.92 Å². The van der Waals surface area contributed by atoms with Gasteiger partial charge in [0.2, 0.25) is 0 Å². The molecular weight excluding hydrogens is 610 g/mol. The zero-order valence-corrected chi connectivity index (χ0v) is 27.2. The number of nitrogens with zero attached hydrogens (tertiary/aromatic N) is 4. The minimum absolute atomic E-state index is 0.0891. The molecule has 1 aromatic heterocycles. The molecule has 2 amide bonds. The highest BCUT2D eigenvalue weighted by atomic mass is 16.5. The smallest absolute Gasteiger partial charge is 0.305 e. The van der Waals surface area contributed by atoms with Crippen molar-refractivity contribution in [3.63, 3.8) is 0 Å². The fraction of sp³-hybridized carbons (Fsp3) is 0.324. The van der Waals surface area contributed by atoms with Gasteiger partial charge in [0.25, 0.3) is 11.8 Å². The highest BCUT2D eigenvalue weighted by Crippen LogP contribution is 2.46. The van der Waals surface area contributed by atoms with Crippen molar-refractivity contribution in [2.75, 3.05) is 30.5 Å². The summed E-state index contributed by atoms with van der Waals surface area (Å²) in [7, 11) is 1.34. The van der Waals surface area contributed by atoms with Crippen LogP contribution < -0.4 is 10.2 Å². The fourth-order valence-corrected chi connectivity index (χ4v) is 5.96. The van der Waals surface area contributed by atoms with Gasteiger partial charge in [0, 0.05) is 48.4 Å². The van der Waals surface area contributed by atoms with Crippen molar-refractivity contribution in [1.82, 2.24) is 15.0 Å². The predicted molar refractivity (Wildman–Crippen MR) is 181 cm³/mol. The first-order valence-corrected chi connectivity index (χ1v) is 16.1. The van der Waals surface area contributed by atoms with Crippen LogP contribution in [0.25, 0.3) is 0 Å². The Hall–Kier alpha value is -5.13. The maximum Gasteiger partial charge on any atom is 0.305 e. The SMILES string of the molecule is COC(=O)CCCCN1C(=O)[C@](O)([C@H](C)/C=C/CCn2cc(C(CO)c3ccccc3)nn2)c2cc(NC(=O)c3ccccc3)ccc21. The molecule has 2 heterocycles. The summed E-state index contributed by atoms with van der Waals surface area (Å²) >= 11 is 0. The van der Waals surface area contributed by atoms with Crippen LogP contribution in [-0.4, -0.2) is 63.3 Å². The van der Waals surface area contributed by atoms with Crippen LogP contribution in [0.2, 0.25) is 0 Å². The minimum Gasteiger partial charge on any atom is -0.469 e. The van der Waals surface area contributed by atoms with Gasteiger partial charge in [0.15, 0.2) is 5.60 Å². The van der Waals surface area contributed by atoms with Crippen LogP contribution in [0.4, 0.5) is 11.4 Å². The molecular formula is C37H41N5O6. The average Bonchev–Trinajstić information content (AvgIpc) is 3.66. The summed E-state index contributed by atoms with van der Waals surface area (Å²) in [5.41, 5.74) is 1.65. The van der Waals surface area contributed by atoms with Crippen LogP contribution in [0, 0.1) is 5.92 Å². The molecule has 0 radical (unpaired) electrons. The van der Waals surface area contributed by atoms with E-state index >= 15 is 0 Å². The standard InChI is InChI=1S/C37H41N5O6/c1-26(13-9-11-21-41-24-32(39-40-41)30(25-43)27-14-5-3-6-15-27)37(47)31-23-29(38-35(45)28-16-7-4-8-17-28)19-20-33(31)42(36(37)46)22-12-10-18-34(44)48-2/h3-9,13-17,19-20,23-24,26,30,43,47H,10-12,18,21-22,25H2,1-2H3,(H,38,45)/b13-9+/t26-,30?,37+/m1/s1. The van der Waals surface area contributed by atoms with Gasteiger partial charge >= 0.3 is 5.97 Å². The average molecular weight is 652 g/mol. The van der Waals surface area contributed by atoms with Crippen LogP contribution in [-0.2, 0) is 26.5 Å². The highest BCUT2D eigenvalue weighted by Gasteiger charge is 2.52. The summed E-state index contributed by atoms with van der Waals surface area (Å²) in [5, 5.41) is 33.5. The maximum absolute atomic E-state index is 14.0. The third-order valence-electron chi connectivity index (χ3n) is 8.71. The number of benzene rings is 3. The molecule has 3 N–H and O–H groups in total. The number of nitrogens with one attached hydrogen (secondary N) is 1. The quantitative estimate of drug-likeness (QED) is 0.0943. The zero-order chi connectivity index (χ0) is 34.1. The third-order valence-corrected chi connectivity index (χ3v) is 8.71. The molecule has 1 aliphatic rings. The predicted octanol–water partition coefficient (Wildman–Crippen LogP) is 4.81. The number of anilines is 2. The van der Waals surface area contributed by atoms with Crippen LogP contribution in [0.5, 0.6) is 0 Å². The molecule has 11 heteroatoms. The van der Waals surface area contributed by atoms with Crippen LogP contribution in [0.15, 0.2) is 97.2 Å². The van der Waals surface area contributed by atoms with Crippen molar-refractivity contribution < 1.29 is 29.3 Å². The highest BCUT2D eigenvalue weighted by molar-refractivity contribution is 6.09. The number of unbranched alkanes of at least 4 members (excludes halogenated alkanes) is 1. The van der Waals surface area contributed by atoms with Gasteiger partial charge in [-0.05, 0) is 55.2 Å². The molecule has 5 rings (SSSR count). The number of hydrogen-bond acceptors (Lipinski definition) is 8. The van der Waals surface area contributed by atoms with Crippen LogP contribution in [0.3, 0.4) is 0 Å². The van der Waals surface area contributed by atoms with E-state index in [-0.39, 0.29) is 30.8 Å². The second kappa shape index (κ2) is 15.6. The lowest BCUT2D eigenvalue weighted by atomic mass is 9.82. The second-order valence-corrected chi connectivity index (χ2v) is 11.9. The fourth-order valence-electron chi connectivity index (χ4n) is 5.96. The number of carbonyl (C=O) groups excluding carboxylic acids is 3. The number of aryl methyl sites for hydroxylation is 1. The molecule has 11 nitrogen and oxygen atoms in total. The molecule has 4 aromatic rings. The van der Waals surface area contributed by atoms with E-state index in [9.17, 15) is 24.6 Å². The number of ether oxygens (including phenoxy) is 1. The number of aliphatic hydroxyl groups is 2. The summed E-state index contributed by atoms with van der Waals surface area (Å²) in [4.78, 5) is 40.0. The Morgan fingerprint density at radius 1 is 1.02 bits per heavy atom. The van der Waals surface area contributed by atoms with E-state index in [4.69, 9.17) is 4.74 Å². The lowest BCUT2D eigenvalue weighted by Crippen LogP contribution is -2.44. The summed E-state index contributed by atoms with van der Waals surface area (Å²) in [6, 6.07) is 23.6. The first kappa shape index (κ1) is 34.2. The summed E-state index contributed by atoms with van der Waals surface area (Å²) < 4.78 is 6.44. The van der Waals surface area contributed by atoms with E-state index in [0.29, 0.717) is 60.5 Å². The molecule has 0 fully saturated rings. The van der Waals surface area contributed by atoms with Crippen molar-refractivity contribution in [1.29, 1.82) is 0 Å². The Labute approximate surface area is 279 Å². The minimum atomic E-state index is -1.88. The number of aliphatic hydroxyl groups excluding tert-OH is 1. The molecule has 3 atom stereocenters. The first-order chi connectivity index (χ1) is 23.3. The monoisotopic (exact) mass is 651 g/mol. The molecule has 0 spiro atoms. The number of aromatic nitrogens is 3. The van der Waals surface area contributed by atoms with Gasteiger partial charge in [-0.2, -0.15) is 0 Å². The van der Waals surface area contributed by atoms with E-state index < -0.39 is 17.4 Å². The summed E-state index contributed by atoms with van der Waals surface area (Å²) in [5.74, 6) is -1.97.